The van der Waals surface area contributed by atoms with Gasteiger partial charge < -0.3 is 14.5 Å². The van der Waals surface area contributed by atoms with Gasteiger partial charge in [0.15, 0.2) is 5.82 Å². The first kappa shape index (κ1) is 17.6. The molecular weight excluding hydrogens is 364 g/mol. The number of benzene rings is 2. The zero-order valence-electron chi connectivity index (χ0n) is 16.5. The number of H-pyrrole nitrogens is 1. The summed E-state index contributed by atoms with van der Waals surface area (Å²) >= 11 is 0. The summed E-state index contributed by atoms with van der Waals surface area (Å²) in [4.78, 5) is 22.6. The second kappa shape index (κ2) is 6.84. The molecule has 146 valence electrons. The van der Waals surface area contributed by atoms with E-state index in [1.54, 1.807) is 0 Å². The molecular formula is C22H22N6O. The molecule has 4 aromatic rings. The molecule has 0 fully saturated rings. The van der Waals surface area contributed by atoms with Gasteiger partial charge in [-0.15, -0.1) is 10.2 Å². The van der Waals surface area contributed by atoms with Crippen LogP contribution in [0.25, 0.3) is 11.0 Å². The Morgan fingerprint density at radius 1 is 1.17 bits per heavy atom. The molecule has 2 aromatic carbocycles. The third-order valence-electron chi connectivity index (χ3n) is 5.43. The van der Waals surface area contributed by atoms with Crippen LogP contribution in [0.4, 0.5) is 0 Å². The third-order valence-corrected chi connectivity index (χ3v) is 5.43. The van der Waals surface area contributed by atoms with Crippen LogP contribution < -0.4 is 0 Å². The predicted octanol–water partition coefficient (Wildman–Crippen LogP) is 3.27. The summed E-state index contributed by atoms with van der Waals surface area (Å²) in [5.41, 5.74) is 3.62. The second-order valence-electron chi connectivity index (χ2n) is 7.65. The van der Waals surface area contributed by atoms with Gasteiger partial charge in [-0.25, -0.2) is 4.98 Å². The lowest BCUT2D eigenvalue weighted by atomic mass is 10.1. The number of aryl methyl sites for hydroxylation is 1. The van der Waals surface area contributed by atoms with Crippen molar-refractivity contribution in [1.29, 1.82) is 0 Å². The van der Waals surface area contributed by atoms with Gasteiger partial charge in [0, 0.05) is 18.5 Å². The van der Waals surface area contributed by atoms with Crippen molar-refractivity contribution < 1.29 is 4.79 Å². The molecule has 7 nitrogen and oxygen atoms in total. The number of hydrogen-bond donors (Lipinski definition) is 1. The minimum atomic E-state index is 0.00450. The first-order chi connectivity index (χ1) is 14.1. The van der Waals surface area contributed by atoms with Gasteiger partial charge in [-0.1, -0.05) is 30.3 Å². The maximum atomic E-state index is 13.1. The van der Waals surface area contributed by atoms with Crippen LogP contribution in [0.15, 0.2) is 48.5 Å². The Hall–Kier alpha value is -3.48. The summed E-state index contributed by atoms with van der Waals surface area (Å²) in [5, 5.41) is 8.80. The van der Waals surface area contributed by atoms with Crippen LogP contribution in [0.3, 0.4) is 0 Å². The molecule has 0 radical (unpaired) electrons. The van der Waals surface area contributed by atoms with Crippen molar-refractivity contribution in [2.75, 3.05) is 6.54 Å². The molecule has 1 aliphatic rings. The number of carbonyl (C=O) groups excluding carboxylic acids is 1. The Balaban J connectivity index is 1.40. The van der Waals surface area contributed by atoms with Gasteiger partial charge in [-0.3, -0.25) is 4.79 Å². The van der Waals surface area contributed by atoms with E-state index in [4.69, 9.17) is 0 Å². The standard InChI is InChI=1S/C22H22N6O/c1-14-12-27(22(29)17-8-9-18-19(11-17)24-15(2)23-18)13-21-26-25-20(28(14)21)10-16-6-4-3-5-7-16/h3-9,11,14H,10,12-13H2,1-2H3,(H,23,24)/t14-/m0/s1. The van der Waals surface area contributed by atoms with Crippen molar-refractivity contribution in [3.63, 3.8) is 0 Å². The number of fused-ring (bicyclic) bond motifs is 2. The number of aromatic amines is 1. The Labute approximate surface area is 168 Å². The molecule has 5 rings (SSSR count). The van der Waals surface area contributed by atoms with Gasteiger partial charge in [-0.2, -0.15) is 0 Å². The van der Waals surface area contributed by atoms with Gasteiger partial charge in [0.25, 0.3) is 5.91 Å². The van der Waals surface area contributed by atoms with Crippen molar-refractivity contribution in [1.82, 2.24) is 29.6 Å². The number of hydrogen-bond acceptors (Lipinski definition) is 4. The van der Waals surface area contributed by atoms with E-state index >= 15 is 0 Å². The van der Waals surface area contributed by atoms with Gasteiger partial charge in [0.05, 0.1) is 23.6 Å². The summed E-state index contributed by atoms with van der Waals surface area (Å²) in [6.45, 7) is 5.12. The van der Waals surface area contributed by atoms with E-state index < -0.39 is 0 Å². The Morgan fingerprint density at radius 3 is 2.83 bits per heavy atom. The fraction of sp³-hybridized carbons (Fsp3) is 0.273. The maximum absolute atomic E-state index is 13.1. The van der Waals surface area contributed by atoms with E-state index in [9.17, 15) is 4.79 Å². The molecule has 1 amide bonds. The average molecular weight is 386 g/mol. The fourth-order valence-electron chi connectivity index (χ4n) is 4.12. The molecule has 29 heavy (non-hydrogen) atoms. The molecule has 7 heteroatoms. The summed E-state index contributed by atoms with van der Waals surface area (Å²) in [5.74, 6) is 2.63. The minimum absolute atomic E-state index is 0.00450. The number of rotatable bonds is 3. The highest BCUT2D eigenvalue weighted by molar-refractivity contribution is 5.97. The van der Waals surface area contributed by atoms with Crippen LogP contribution in [0.2, 0.25) is 0 Å². The average Bonchev–Trinajstić information content (AvgIpc) is 3.30. The highest BCUT2D eigenvalue weighted by atomic mass is 16.2. The van der Waals surface area contributed by atoms with Gasteiger partial charge in [0.1, 0.15) is 11.6 Å². The molecule has 2 aromatic heterocycles. The SMILES string of the molecule is Cc1nc2ccc(C(=O)N3Cc4nnc(Cc5ccccc5)n4[C@@H](C)C3)cc2[nH]1. The number of imidazole rings is 1. The van der Waals surface area contributed by atoms with Gasteiger partial charge in [0.2, 0.25) is 0 Å². The first-order valence-electron chi connectivity index (χ1n) is 9.81. The molecule has 0 unspecified atom stereocenters. The van der Waals surface area contributed by atoms with Crippen LogP contribution in [0, 0.1) is 6.92 Å². The van der Waals surface area contributed by atoms with Crippen molar-refractivity contribution in [3.05, 3.63) is 77.1 Å². The predicted molar refractivity (Wildman–Crippen MR) is 110 cm³/mol. The zero-order chi connectivity index (χ0) is 20.0. The molecule has 1 aliphatic heterocycles. The van der Waals surface area contributed by atoms with Crippen molar-refractivity contribution in [3.8, 4) is 0 Å². The molecule has 0 saturated heterocycles. The Kier molecular flexibility index (Phi) is 4.16. The van der Waals surface area contributed by atoms with Crippen LogP contribution in [0.5, 0.6) is 0 Å². The van der Waals surface area contributed by atoms with Crippen molar-refractivity contribution >= 4 is 16.9 Å². The van der Waals surface area contributed by atoms with Crippen molar-refractivity contribution in [2.24, 2.45) is 0 Å². The molecule has 1 N–H and O–H groups in total. The summed E-state index contributed by atoms with van der Waals surface area (Å²) in [7, 11) is 0. The fourth-order valence-corrected chi connectivity index (χ4v) is 4.12. The summed E-state index contributed by atoms with van der Waals surface area (Å²) in [6.07, 6.45) is 0.738. The number of nitrogens with zero attached hydrogens (tertiary/aromatic N) is 5. The molecule has 0 bridgehead atoms. The molecule has 3 heterocycles. The molecule has 0 spiro atoms. The molecule has 0 saturated carbocycles. The van der Waals surface area contributed by atoms with E-state index in [0.717, 1.165) is 34.9 Å². The lowest BCUT2D eigenvalue weighted by Gasteiger charge is -2.32. The monoisotopic (exact) mass is 386 g/mol. The Morgan fingerprint density at radius 2 is 2.00 bits per heavy atom. The molecule has 0 aliphatic carbocycles. The van der Waals surface area contributed by atoms with E-state index in [0.29, 0.717) is 18.7 Å². The zero-order valence-corrected chi connectivity index (χ0v) is 16.5. The van der Waals surface area contributed by atoms with E-state index in [1.807, 2.05) is 48.2 Å². The van der Waals surface area contributed by atoms with E-state index in [2.05, 4.69) is 43.8 Å². The topological polar surface area (TPSA) is 79.7 Å². The highest BCUT2D eigenvalue weighted by Crippen LogP contribution is 2.25. The van der Waals surface area contributed by atoms with Crippen LogP contribution in [-0.2, 0) is 13.0 Å². The quantitative estimate of drug-likeness (QED) is 0.586. The van der Waals surface area contributed by atoms with Crippen LogP contribution in [0.1, 0.15) is 46.4 Å². The lowest BCUT2D eigenvalue weighted by Crippen LogP contribution is -2.40. The Bertz CT molecular complexity index is 1190. The van der Waals surface area contributed by atoms with Crippen LogP contribution in [-0.4, -0.2) is 42.1 Å². The number of aromatic nitrogens is 5. The normalized spacial score (nSPS) is 16.2. The maximum Gasteiger partial charge on any atom is 0.254 e. The summed E-state index contributed by atoms with van der Waals surface area (Å²) in [6, 6.07) is 16.0. The van der Waals surface area contributed by atoms with Crippen LogP contribution >= 0.6 is 0 Å². The first-order valence-corrected chi connectivity index (χ1v) is 9.81. The third kappa shape index (κ3) is 3.18. The smallest absolute Gasteiger partial charge is 0.254 e. The minimum Gasteiger partial charge on any atom is -0.342 e. The number of nitrogens with one attached hydrogen (secondary N) is 1. The van der Waals surface area contributed by atoms with Gasteiger partial charge in [-0.05, 0) is 37.6 Å². The highest BCUT2D eigenvalue weighted by Gasteiger charge is 2.29. The van der Waals surface area contributed by atoms with Gasteiger partial charge >= 0.3 is 0 Å². The van der Waals surface area contributed by atoms with Crippen molar-refractivity contribution in [2.45, 2.75) is 32.9 Å². The lowest BCUT2D eigenvalue weighted by molar-refractivity contribution is 0.0680. The molecule has 1 atom stereocenters. The van der Waals surface area contributed by atoms with E-state index in [-0.39, 0.29) is 11.9 Å². The number of amides is 1. The summed E-state index contributed by atoms with van der Waals surface area (Å²) < 4.78 is 2.18. The largest absolute Gasteiger partial charge is 0.342 e. The number of carbonyl (C=O) groups is 1. The second-order valence-corrected chi connectivity index (χ2v) is 7.65. The van der Waals surface area contributed by atoms with E-state index in [1.165, 1.54) is 5.56 Å².